The first-order valence-corrected chi connectivity index (χ1v) is 13.2. The van der Waals surface area contributed by atoms with Crippen LogP contribution in [0.4, 0.5) is 16.2 Å². The molecule has 0 aliphatic carbocycles. The zero-order chi connectivity index (χ0) is 23.0. The zero-order valence-electron chi connectivity index (χ0n) is 18.5. The second-order valence-electron chi connectivity index (χ2n) is 9.37. The van der Waals surface area contributed by atoms with Crippen molar-refractivity contribution >= 4 is 43.3 Å². The molecule has 1 saturated heterocycles. The lowest BCUT2D eigenvalue weighted by molar-refractivity contribution is 0.0561. The Morgan fingerprint density at radius 2 is 1.93 bits per heavy atom. The van der Waals surface area contributed by atoms with Gasteiger partial charge < -0.3 is 30.8 Å². The molecule has 5 N–H and O–H groups in total. The minimum absolute atomic E-state index is 0.0322. The number of nitrogens with two attached hydrogens (primary N) is 2. The van der Waals surface area contributed by atoms with E-state index in [0.29, 0.717) is 30.2 Å². The minimum Gasteiger partial charge on any atom is -0.465 e. The fourth-order valence-electron chi connectivity index (χ4n) is 3.38. The molecule has 1 aliphatic rings. The van der Waals surface area contributed by atoms with E-state index in [2.05, 4.69) is 33.9 Å². The Morgan fingerprint density at radius 3 is 2.43 bits per heavy atom. The zero-order valence-corrected chi connectivity index (χ0v) is 20.3. The number of anilines is 2. The van der Waals surface area contributed by atoms with Crippen LogP contribution in [0.2, 0.25) is 23.2 Å². The molecule has 168 valence electrons. The molecule has 1 aromatic carbocycles. The monoisotopic (exact) mass is 456 g/mol. The second kappa shape index (κ2) is 8.64. The Kier molecular flexibility index (Phi) is 7.00. The summed E-state index contributed by atoms with van der Waals surface area (Å²) >= 11 is 6.45. The van der Waals surface area contributed by atoms with Crippen molar-refractivity contribution in [3.8, 4) is 0 Å². The van der Waals surface area contributed by atoms with Crippen LogP contribution in [0.3, 0.4) is 0 Å². The van der Waals surface area contributed by atoms with Crippen molar-refractivity contribution in [1.82, 2.24) is 4.90 Å². The number of halogens is 1. The molecular formula is C20H33ClN4O4Si. The van der Waals surface area contributed by atoms with E-state index < -0.39 is 20.3 Å². The van der Waals surface area contributed by atoms with Crippen LogP contribution in [-0.2, 0) is 4.43 Å². The maximum Gasteiger partial charge on any atom is 0.407 e. The normalized spacial score (nSPS) is 20.2. The summed E-state index contributed by atoms with van der Waals surface area (Å²) in [7, 11) is -0.604. The Hall–Kier alpha value is -1.97. The number of hydrogen-bond donors (Lipinski definition) is 3. The van der Waals surface area contributed by atoms with Crippen molar-refractivity contribution in [3.05, 3.63) is 22.7 Å². The molecule has 0 bridgehead atoms. The molecule has 30 heavy (non-hydrogen) atoms. The van der Waals surface area contributed by atoms with Crippen molar-refractivity contribution in [2.45, 2.75) is 57.5 Å². The molecule has 1 aromatic rings. The summed E-state index contributed by atoms with van der Waals surface area (Å²) in [5.74, 6) is -0.589. The third-order valence-electron chi connectivity index (χ3n) is 6.28. The maximum atomic E-state index is 11.7. The van der Waals surface area contributed by atoms with Gasteiger partial charge in [0.05, 0.1) is 28.5 Å². The van der Waals surface area contributed by atoms with Crippen molar-refractivity contribution in [1.29, 1.82) is 0 Å². The van der Waals surface area contributed by atoms with Crippen molar-refractivity contribution < 1.29 is 19.1 Å². The van der Waals surface area contributed by atoms with Crippen molar-refractivity contribution in [3.63, 3.8) is 0 Å². The SMILES string of the molecule is CN(C(=O)O)[C@H]1CCN(c2cc(C(N)=O)cc(N)c2Cl)C[C@@H]1O[Si](C)(C)C(C)(C)C. The number of piperidine rings is 1. The molecule has 1 fully saturated rings. The van der Waals surface area contributed by atoms with Crippen LogP contribution in [0.5, 0.6) is 0 Å². The molecule has 0 unspecified atom stereocenters. The summed E-state index contributed by atoms with van der Waals surface area (Å²) in [5, 5.41) is 9.86. The summed E-state index contributed by atoms with van der Waals surface area (Å²) in [6, 6.07) is 2.80. The molecule has 1 heterocycles. The maximum absolute atomic E-state index is 11.7. The smallest absolute Gasteiger partial charge is 0.407 e. The third-order valence-corrected chi connectivity index (χ3v) is 11.2. The highest BCUT2D eigenvalue weighted by molar-refractivity contribution is 6.74. The van der Waals surface area contributed by atoms with E-state index in [-0.39, 0.29) is 28.4 Å². The number of amides is 2. The summed E-state index contributed by atoms with van der Waals surface area (Å²) in [6.07, 6.45) is -0.787. The van der Waals surface area contributed by atoms with Gasteiger partial charge in [-0.05, 0) is 36.7 Å². The number of nitrogen functional groups attached to an aromatic ring is 1. The van der Waals surface area contributed by atoms with Crippen LogP contribution >= 0.6 is 11.6 Å². The number of carbonyl (C=O) groups is 2. The molecule has 2 rings (SSSR count). The molecular weight excluding hydrogens is 424 g/mol. The predicted octanol–water partition coefficient (Wildman–Crippen LogP) is 3.60. The molecule has 2 amide bonds. The van der Waals surface area contributed by atoms with E-state index in [1.165, 1.54) is 11.0 Å². The summed E-state index contributed by atoms with van der Waals surface area (Å²) in [5.41, 5.74) is 12.6. The molecule has 0 radical (unpaired) electrons. The van der Waals surface area contributed by atoms with Crippen LogP contribution in [-0.4, -0.2) is 62.6 Å². The molecule has 1 aliphatic heterocycles. The molecule has 8 nitrogen and oxygen atoms in total. The Balaban J connectivity index is 2.42. The third kappa shape index (κ3) is 5.01. The first kappa shape index (κ1) is 24.3. The van der Waals surface area contributed by atoms with E-state index in [4.69, 9.17) is 27.5 Å². The van der Waals surface area contributed by atoms with E-state index in [1.54, 1.807) is 13.1 Å². The Bertz CT molecular complexity index is 828. The van der Waals surface area contributed by atoms with Gasteiger partial charge in [0, 0.05) is 25.7 Å². The first-order chi connectivity index (χ1) is 13.7. The quantitative estimate of drug-likeness (QED) is 0.459. The summed E-state index contributed by atoms with van der Waals surface area (Å²) in [6.45, 7) is 11.7. The number of carboxylic acid groups (broad SMARTS) is 1. The fourth-order valence-corrected chi connectivity index (χ4v) is 4.95. The van der Waals surface area contributed by atoms with Gasteiger partial charge in [-0.15, -0.1) is 0 Å². The van der Waals surface area contributed by atoms with E-state index in [1.807, 2.05) is 4.90 Å². The predicted molar refractivity (Wildman–Crippen MR) is 123 cm³/mol. The highest BCUT2D eigenvalue weighted by Gasteiger charge is 2.44. The largest absolute Gasteiger partial charge is 0.465 e. The number of carbonyl (C=O) groups excluding carboxylic acids is 1. The molecule has 0 spiro atoms. The summed E-state index contributed by atoms with van der Waals surface area (Å²) in [4.78, 5) is 26.7. The number of primary amides is 1. The molecule has 2 atom stereocenters. The lowest BCUT2D eigenvalue weighted by Gasteiger charge is -2.47. The van der Waals surface area contributed by atoms with Gasteiger partial charge in [0.15, 0.2) is 8.32 Å². The first-order valence-electron chi connectivity index (χ1n) is 9.93. The van der Waals surface area contributed by atoms with Crippen LogP contribution in [0, 0.1) is 0 Å². The number of nitrogens with zero attached hydrogens (tertiary/aromatic N) is 2. The van der Waals surface area contributed by atoms with Crippen molar-refractivity contribution in [2.75, 3.05) is 30.8 Å². The number of likely N-dealkylation sites (N-methyl/N-ethyl adjacent to an activating group) is 1. The van der Waals surface area contributed by atoms with E-state index in [9.17, 15) is 14.7 Å². The number of hydrogen-bond acceptors (Lipinski definition) is 5. The second-order valence-corrected chi connectivity index (χ2v) is 14.5. The van der Waals surface area contributed by atoms with Crippen molar-refractivity contribution in [2.24, 2.45) is 5.73 Å². The molecule has 10 heteroatoms. The van der Waals surface area contributed by atoms with Gasteiger partial charge in [-0.1, -0.05) is 32.4 Å². The van der Waals surface area contributed by atoms with Crippen LogP contribution < -0.4 is 16.4 Å². The van der Waals surface area contributed by atoms with Gasteiger partial charge in [0.2, 0.25) is 5.91 Å². The summed E-state index contributed by atoms with van der Waals surface area (Å²) < 4.78 is 6.65. The molecule has 0 saturated carbocycles. The fraction of sp³-hybridized carbons (Fsp3) is 0.600. The van der Waals surface area contributed by atoms with E-state index in [0.717, 1.165) is 0 Å². The number of benzene rings is 1. The highest BCUT2D eigenvalue weighted by atomic mass is 35.5. The van der Waals surface area contributed by atoms with Gasteiger partial charge in [-0.2, -0.15) is 0 Å². The number of rotatable bonds is 5. The minimum atomic E-state index is -2.18. The van der Waals surface area contributed by atoms with Gasteiger partial charge in [-0.25, -0.2) is 4.79 Å². The lowest BCUT2D eigenvalue weighted by atomic mass is 9.99. The highest BCUT2D eigenvalue weighted by Crippen LogP contribution is 2.40. The Morgan fingerprint density at radius 1 is 1.33 bits per heavy atom. The van der Waals surface area contributed by atoms with Gasteiger partial charge in [-0.3, -0.25) is 4.79 Å². The van der Waals surface area contributed by atoms with Crippen LogP contribution in [0.1, 0.15) is 37.6 Å². The topological polar surface area (TPSA) is 122 Å². The van der Waals surface area contributed by atoms with Gasteiger partial charge in [0.25, 0.3) is 0 Å². The van der Waals surface area contributed by atoms with Crippen LogP contribution in [0.25, 0.3) is 0 Å². The van der Waals surface area contributed by atoms with Crippen LogP contribution in [0.15, 0.2) is 12.1 Å². The average Bonchev–Trinajstić information content (AvgIpc) is 2.61. The van der Waals surface area contributed by atoms with Gasteiger partial charge in [0.1, 0.15) is 0 Å². The average molecular weight is 457 g/mol. The van der Waals surface area contributed by atoms with E-state index >= 15 is 0 Å². The molecule has 0 aromatic heterocycles. The lowest BCUT2D eigenvalue weighted by Crippen LogP contribution is -2.59. The van der Waals surface area contributed by atoms with Gasteiger partial charge >= 0.3 is 6.09 Å². The standard InChI is InChI=1S/C20H33ClN4O4Si/c1-20(2,3)30(5,6)29-16-11-25(8-7-14(16)24(4)19(27)28)15-10-12(18(23)26)9-13(22)17(15)21/h9-10,14,16H,7-8,11,22H2,1-6H3,(H2,23,26)(H,27,28)/t14-,16-/m0/s1. The Labute approximate surface area is 184 Å².